The van der Waals surface area contributed by atoms with E-state index in [1.54, 1.807) is 24.5 Å². The molecule has 0 aliphatic carbocycles. The first-order chi connectivity index (χ1) is 24.3. The molecule has 4 nitrogen and oxygen atoms in total. The van der Waals surface area contributed by atoms with Crippen LogP contribution in [0.25, 0.3) is 33.9 Å². The van der Waals surface area contributed by atoms with Crippen molar-refractivity contribution in [3.63, 3.8) is 0 Å². The summed E-state index contributed by atoms with van der Waals surface area (Å²) >= 11 is 0. The van der Waals surface area contributed by atoms with Gasteiger partial charge >= 0.3 is 65.4 Å². The molecule has 20 heteroatoms. The van der Waals surface area contributed by atoms with E-state index in [0.717, 1.165) is 47.0 Å². The topological polar surface area (TPSA) is 51.6 Å². The molecule has 0 spiro atoms. The summed E-state index contributed by atoms with van der Waals surface area (Å²) in [6.07, 6.45) is -4.04. The zero-order valence-electron chi connectivity index (χ0n) is 26.4. The molecular weight excluding hydrogens is 954 g/mol. The van der Waals surface area contributed by atoms with Crippen molar-refractivity contribution in [2.24, 2.45) is 0 Å². The molecule has 0 atom stereocenters. The summed E-state index contributed by atoms with van der Waals surface area (Å²) in [7, 11) is -10.7. The van der Waals surface area contributed by atoms with Gasteiger partial charge in [-0.25, -0.2) is 0 Å². The Hall–Kier alpha value is -4.86. The molecule has 0 unspecified atom stereocenters. The van der Waals surface area contributed by atoms with Crippen molar-refractivity contribution in [2.75, 3.05) is 0 Å². The molecule has 0 bridgehead atoms. The average molecular weight is 974 g/mol. The zero-order valence-corrected chi connectivity index (χ0v) is 29.7. The van der Waals surface area contributed by atoms with Crippen molar-refractivity contribution in [1.29, 1.82) is 0 Å². The Bertz CT molecular complexity index is 1900. The van der Waals surface area contributed by atoms with Gasteiger partial charge in [0.25, 0.3) is 0 Å². The van der Waals surface area contributed by atoms with Gasteiger partial charge in [0.15, 0.2) is 0 Å². The third-order valence-corrected chi connectivity index (χ3v) is 5.87. The van der Waals surface area contributed by atoms with Gasteiger partial charge in [-0.1, -0.05) is 24.3 Å². The van der Waals surface area contributed by atoms with E-state index in [4.69, 9.17) is 0 Å². The van der Waals surface area contributed by atoms with Crippen LogP contribution >= 0.6 is 7.81 Å². The second-order valence-corrected chi connectivity index (χ2v) is 12.0. The second-order valence-electron chi connectivity index (χ2n) is 10.1. The van der Waals surface area contributed by atoms with Crippen LogP contribution in [0.1, 0.15) is 11.1 Å². The van der Waals surface area contributed by atoms with Gasteiger partial charge in [0.05, 0.1) is 22.5 Å². The van der Waals surface area contributed by atoms with E-state index in [1.807, 2.05) is 36.4 Å². The van der Waals surface area contributed by atoms with Gasteiger partial charge in [0, 0.05) is 36.4 Å². The third-order valence-electron chi connectivity index (χ3n) is 5.87. The van der Waals surface area contributed by atoms with Crippen LogP contribution in [0.3, 0.4) is 0 Å². The number of aromatic nitrogens is 4. The van der Waals surface area contributed by atoms with Gasteiger partial charge in [-0.15, -0.1) is 59.7 Å². The summed E-state index contributed by atoms with van der Waals surface area (Å²) in [6.45, 7) is 0. The molecule has 6 aromatic rings. The first-order valence-corrected chi connectivity index (χ1v) is 16.2. The molecule has 0 N–H and O–H groups in total. The maximum atomic E-state index is 12.6. The fourth-order valence-corrected chi connectivity index (χ4v) is 3.67. The maximum Gasteiger partial charge on any atom is 3.00 e. The Balaban J connectivity index is 0.000000262. The molecule has 0 amide bonds. The van der Waals surface area contributed by atoms with Crippen molar-refractivity contribution in [2.45, 2.75) is 12.4 Å². The zero-order chi connectivity index (χ0) is 39.6. The predicted octanol–water partition coefficient (Wildman–Crippen LogP) is 12.9. The molecule has 288 valence electrons. The number of rotatable bonds is 3. The van der Waals surface area contributed by atoms with Gasteiger partial charge in [-0.3, -0.25) is 18.7 Å². The summed E-state index contributed by atoms with van der Waals surface area (Å²) in [5.41, 5.74) is 0.689. The van der Waals surface area contributed by atoms with E-state index < -0.39 is 31.3 Å². The van der Waals surface area contributed by atoms with Gasteiger partial charge < -0.3 is 9.97 Å². The van der Waals surface area contributed by atoms with Crippen molar-refractivity contribution in [3.05, 3.63) is 157 Å². The number of benzene rings is 2. The van der Waals surface area contributed by atoms with Crippen LogP contribution < -0.4 is 0 Å². The van der Waals surface area contributed by atoms with E-state index in [9.17, 15) is 60.3 Å². The van der Waals surface area contributed by atoms with Crippen LogP contribution in [0.15, 0.2) is 122 Å². The summed E-state index contributed by atoms with van der Waals surface area (Å²) in [5.74, 6) is -0.556. The minimum atomic E-state index is -10.7. The van der Waals surface area contributed by atoms with Gasteiger partial charge in [0.1, 0.15) is 0 Å². The molecule has 54 heavy (non-hydrogen) atoms. The summed E-state index contributed by atoms with van der Waals surface area (Å²) in [4.78, 5) is 15.5. The summed E-state index contributed by atoms with van der Waals surface area (Å²) < 4.78 is 159. The van der Waals surface area contributed by atoms with E-state index in [-0.39, 0.29) is 43.1 Å². The van der Waals surface area contributed by atoms with Crippen LogP contribution in [-0.2, 0) is 32.5 Å². The van der Waals surface area contributed by atoms with E-state index >= 15 is 0 Å². The largest absolute Gasteiger partial charge is 3.00 e. The second kappa shape index (κ2) is 17.5. The van der Waals surface area contributed by atoms with Crippen LogP contribution in [0.5, 0.6) is 0 Å². The molecule has 4 heterocycles. The first-order valence-electron chi connectivity index (χ1n) is 14.2. The molecule has 0 fully saturated rings. The van der Waals surface area contributed by atoms with Crippen LogP contribution in [0.2, 0.25) is 0 Å². The molecule has 6 rings (SSSR count). The molecule has 2 aromatic carbocycles. The Morgan fingerprint density at radius 1 is 0.444 bits per heavy atom. The Labute approximate surface area is 310 Å². The normalized spacial score (nSPS) is 12.4. The molecule has 0 radical (unpaired) electrons. The Morgan fingerprint density at radius 2 is 0.778 bits per heavy atom. The Morgan fingerprint density at radius 3 is 1.04 bits per heavy atom. The number of alkyl halides is 6. The summed E-state index contributed by atoms with van der Waals surface area (Å²) in [6, 6.07) is 28.3. The van der Waals surface area contributed by atoms with E-state index in [2.05, 4.69) is 32.1 Å². The van der Waals surface area contributed by atoms with Crippen LogP contribution in [-0.4, -0.2) is 19.9 Å². The quantitative estimate of drug-likeness (QED) is 0.101. The molecule has 4 aromatic heterocycles. The minimum absolute atomic E-state index is 0. The SMILES string of the molecule is FC(F)(F)c1ccnc(-c2cc(C(F)(F)F)ccn2)c1.F[P-](F)(F)(F)(F)F.Fc1c[c-]c(-c2ccccn2)cc1.Fc1c[c-]c(-c2ccccn2)cc1.[Ir+3]. The van der Waals surface area contributed by atoms with E-state index in [1.165, 1.54) is 24.3 Å². The van der Waals surface area contributed by atoms with E-state index in [0.29, 0.717) is 12.1 Å². The first kappa shape index (κ1) is 45.3. The van der Waals surface area contributed by atoms with Gasteiger partial charge in [0.2, 0.25) is 0 Å². The molecule has 0 saturated heterocycles. The number of hydrogen-bond donors (Lipinski definition) is 0. The van der Waals surface area contributed by atoms with Gasteiger partial charge in [-0.2, -0.15) is 26.3 Å². The number of hydrogen-bond acceptors (Lipinski definition) is 4. The molecule has 0 aliphatic heterocycles. The average Bonchev–Trinajstić information content (AvgIpc) is 3.08. The van der Waals surface area contributed by atoms with Crippen molar-refractivity contribution in [1.82, 2.24) is 19.9 Å². The third kappa shape index (κ3) is 17.8. The number of halogens is 14. The van der Waals surface area contributed by atoms with Crippen molar-refractivity contribution in [3.8, 4) is 33.9 Å². The standard InChI is InChI=1S/C12H6F6N2.2C11H7FN.F6P.Ir/c13-11(14,15)7-1-3-19-9(5-7)10-6-8(2-4-20-10)12(16,17)18;2*12-10-6-4-9(5-7-10)11-3-1-2-8-13-11;1-7(2,3,4,5)6;/h1-6H;2*1-4,6-8H;;/q;3*-1;+3. The van der Waals surface area contributed by atoms with Crippen molar-refractivity contribution < 1.29 is 80.4 Å². The van der Waals surface area contributed by atoms with Crippen molar-refractivity contribution >= 4 is 7.81 Å². The number of pyridine rings is 4. The number of nitrogens with zero attached hydrogens (tertiary/aromatic N) is 4. The summed E-state index contributed by atoms with van der Waals surface area (Å²) in [5, 5.41) is 0. The fourth-order valence-electron chi connectivity index (χ4n) is 3.67. The predicted molar refractivity (Wildman–Crippen MR) is 168 cm³/mol. The van der Waals surface area contributed by atoms with Crippen LogP contribution in [0, 0.1) is 23.8 Å². The molecule has 0 saturated carbocycles. The molecule has 0 aliphatic rings. The minimum Gasteiger partial charge on any atom is -0.305 e. The fraction of sp³-hybridized carbons (Fsp3) is 0.0588. The Kier molecular flexibility index (Phi) is 14.7. The monoisotopic (exact) mass is 974 g/mol. The molecular formula is C34H20F14IrN4P. The van der Waals surface area contributed by atoms with Gasteiger partial charge in [-0.05, 0) is 47.8 Å². The van der Waals surface area contributed by atoms with Crippen LogP contribution in [0.4, 0.5) is 60.3 Å². The maximum absolute atomic E-state index is 12.6. The smallest absolute Gasteiger partial charge is 0.305 e.